The van der Waals surface area contributed by atoms with Crippen LogP contribution in [0.4, 0.5) is 17.1 Å². The molecule has 0 amide bonds. The van der Waals surface area contributed by atoms with E-state index in [1.165, 1.54) is 17.7 Å². The van der Waals surface area contributed by atoms with Gasteiger partial charge in [0.25, 0.3) is 5.69 Å². The second-order valence-electron chi connectivity index (χ2n) is 5.28. The SMILES string of the molecule is CC(C)c1ccc(CNc2ccc([N+](=O)[O-])cc2N)cc1. The van der Waals surface area contributed by atoms with Crippen molar-refractivity contribution < 1.29 is 4.92 Å². The van der Waals surface area contributed by atoms with Crippen LogP contribution in [0.15, 0.2) is 42.5 Å². The van der Waals surface area contributed by atoms with Crippen LogP contribution in [-0.4, -0.2) is 4.92 Å². The molecule has 0 fully saturated rings. The van der Waals surface area contributed by atoms with Crippen molar-refractivity contribution in [3.05, 3.63) is 63.7 Å². The average Bonchev–Trinajstić information content (AvgIpc) is 2.46. The van der Waals surface area contributed by atoms with Crippen LogP contribution < -0.4 is 11.1 Å². The van der Waals surface area contributed by atoms with Crippen LogP contribution in [0.5, 0.6) is 0 Å². The van der Waals surface area contributed by atoms with Crippen molar-refractivity contribution in [3.63, 3.8) is 0 Å². The van der Waals surface area contributed by atoms with Gasteiger partial charge in [0.1, 0.15) is 0 Å². The van der Waals surface area contributed by atoms with E-state index in [4.69, 9.17) is 5.73 Å². The minimum atomic E-state index is -0.454. The third kappa shape index (κ3) is 3.72. The van der Waals surface area contributed by atoms with Gasteiger partial charge in [0.2, 0.25) is 0 Å². The van der Waals surface area contributed by atoms with Gasteiger partial charge in [-0.25, -0.2) is 0 Å². The number of hydrogen-bond acceptors (Lipinski definition) is 4. The average molecular weight is 285 g/mol. The van der Waals surface area contributed by atoms with Gasteiger partial charge in [-0.15, -0.1) is 0 Å². The fourth-order valence-corrected chi connectivity index (χ4v) is 2.04. The van der Waals surface area contributed by atoms with Crippen molar-refractivity contribution in [3.8, 4) is 0 Å². The number of nitrogens with one attached hydrogen (secondary N) is 1. The minimum absolute atomic E-state index is 0.000615. The molecular weight excluding hydrogens is 266 g/mol. The Labute approximate surface area is 123 Å². The number of nitro groups is 1. The zero-order valence-electron chi connectivity index (χ0n) is 12.2. The summed E-state index contributed by atoms with van der Waals surface area (Å²) in [4.78, 5) is 10.2. The first-order valence-electron chi connectivity index (χ1n) is 6.84. The first-order chi connectivity index (χ1) is 9.97. The summed E-state index contributed by atoms with van der Waals surface area (Å²) >= 11 is 0. The number of anilines is 2. The van der Waals surface area contributed by atoms with Crippen molar-refractivity contribution in [2.45, 2.75) is 26.3 Å². The Morgan fingerprint density at radius 2 is 1.86 bits per heavy atom. The summed E-state index contributed by atoms with van der Waals surface area (Å²) in [6.07, 6.45) is 0. The fraction of sp³-hybridized carbons (Fsp3) is 0.250. The predicted molar refractivity (Wildman–Crippen MR) is 85.4 cm³/mol. The summed E-state index contributed by atoms with van der Waals surface area (Å²) in [7, 11) is 0. The Bertz CT molecular complexity index is 636. The lowest BCUT2D eigenvalue weighted by Gasteiger charge is -2.10. The number of benzene rings is 2. The Morgan fingerprint density at radius 3 is 2.38 bits per heavy atom. The van der Waals surface area contributed by atoms with Gasteiger partial charge in [-0.05, 0) is 23.1 Å². The van der Waals surface area contributed by atoms with E-state index in [1.807, 2.05) is 0 Å². The molecular formula is C16H19N3O2. The zero-order chi connectivity index (χ0) is 15.4. The molecule has 110 valence electrons. The van der Waals surface area contributed by atoms with Crippen LogP contribution in [0.2, 0.25) is 0 Å². The third-order valence-corrected chi connectivity index (χ3v) is 3.38. The van der Waals surface area contributed by atoms with Crippen molar-refractivity contribution >= 4 is 17.1 Å². The quantitative estimate of drug-likeness (QED) is 0.495. The third-order valence-electron chi connectivity index (χ3n) is 3.38. The lowest BCUT2D eigenvalue weighted by atomic mass is 10.0. The van der Waals surface area contributed by atoms with Crippen LogP contribution in [0.25, 0.3) is 0 Å². The molecule has 5 nitrogen and oxygen atoms in total. The van der Waals surface area contributed by atoms with Crippen molar-refractivity contribution in [1.82, 2.24) is 0 Å². The summed E-state index contributed by atoms with van der Waals surface area (Å²) < 4.78 is 0. The van der Waals surface area contributed by atoms with Gasteiger partial charge in [-0.2, -0.15) is 0 Å². The standard InChI is InChI=1S/C16H19N3O2/c1-11(2)13-5-3-12(4-6-13)10-18-16-8-7-14(19(20)21)9-15(16)17/h3-9,11,18H,10,17H2,1-2H3. The van der Waals surface area contributed by atoms with Crippen LogP contribution in [-0.2, 0) is 6.54 Å². The van der Waals surface area contributed by atoms with Gasteiger partial charge in [0.15, 0.2) is 0 Å². The van der Waals surface area contributed by atoms with E-state index in [1.54, 1.807) is 6.07 Å². The van der Waals surface area contributed by atoms with Crippen LogP contribution in [0, 0.1) is 10.1 Å². The van der Waals surface area contributed by atoms with E-state index in [0.29, 0.717) is 23.8 Å². The first-order valence-corrected chi connectivity index (χ1v) is 6.84. The molecule has 0 bridgehead atoms. The highest BCUT2D eigenvalue weighted by molar-refractivity contribution is 5.69. The van der Waals surface area contributed by atoms with Gasteiger partial charge in [0, 0.05) is 18.7 Å². The maximum atomic E-state index is 10.7. The minimum Gasteiger partial charge on any atom is -0.397 e. The van der Waals surface area contributed by atoms with Crippen molar-refractivity contribution in [2.75, 3.05) is 11.1 Å². The maximum Gasteiger partial charge on any atom is 0.271 e. The molecule has 0 aliphatic carbocycles. The van der Waals surface area contributed by atoms with Gasteiger partial charge in [0.05, 0.1) is 16.3 Å². The highest BCUT2D eigenvalue weighted by Crippen LogP contribution is 2.24. The van der Waals surface area contributed by atoms with Gasteiger partial charge in [-0.3, -0.25) is 10.1 Å². The summed E-state index contributed by atoms with van der Waals surface area (Å²) in [5.41, 5.74) is 9.34. The zero-order valence-corrected chi connectivity index (χ0v) is 12.2. The highest BCUT2D eigenvalue weighted by Gasteiger charge is 2.08. The van der Waals surface area contributed by atoms with Crippen LogP contribution >= 0.6 is 0 Å². The molecule has 0 aliphatic rings. The molecule has 0 aliphatic heterocycles. The first kappa shape index (κ1) is 14.8. The smallest absolute Gasteiger partial charge is 0.271 e. The lowest BCUT2D eigenvalue weighted by molar-refractivity contribution is -0.384. The van der Waals surface area contributed by atoms with E-state index in [-0.39, 0.29) is 5.69 Å². The number of non-ortho nitro benzene ring substituents is 1. The van der Waals surface area contributed by atoms with E-state index < -0.39 is 4.92 Å². The second kappa shape index (κ2) is 6.26. The molecule has 21 heavy (non-hydrogen) atoms. The molecule has 5 heteroatoms. The molecule has 0 heterocycles. The van der Waals surface area contributed by atoms with E-state index in [2.05, 4.69) is 43.4 Å². The number of nitrogen functional groups attached to an aromatic ring is 1. The summed E-state index contributed by atoms with van der Waals surface area (Å²) in [5, 5.41) is 13.9. The molecule has 2 aromatic carbocycles. The Morgan fingerprint density at radius 1 is 1.19 bits per heavy atom. The predicted octanol–water partition coefficient (Wildman–Crippen LogP) is 3.91. The normalized spacial score (nSPS) is 10.6. The number of nitro benzene ring substituents is 1. The molecule has 0 radical (unpaired) electrons. The molecule has 0 saturated heterocycles. The molecule has 0 atom stereocenters. The Hall–Kier alpha value is -2.56. The van der Waals surface area contributed by atoms with Gasteiger partial charge >= 0.3 is 0 Å². The molecule has 2 rings (SSSR count). The molecule has 0 spiro atoms. The van der Waals surface area contributed by atoms with Gasteiger partial charge in [-0.1, -0.05) is 38.1 Å². The number of nitrogens with zero attached hydrogens (tertiary/aromatic N) is 1. The van der Waals surface area contributed by atoms with Gasteiger partial charge < -0.3 is 11.1 Å². The molecule has 2 aromatic rings. The maximum absolute atomic E-state index is 10.7. The van der Waals surface area contributed by atoms with Crippen LogP contribution in [0.3, 0.4) is 0 Å². The van der Waals surface area contributed by atoms with Crippen molar-refractivity contribution in [1.29, 1.82) is 0 Å². The number of hydrogen-bond donors (Lipinski definition) is 2. The topological polar surface area (TPSA) is 81.2 Å². The highest BCUT2D eigenvalue weighted by atomic mass is 16.6. The van der Waals surface area contributed by atoms with Crippen LogP contribution in [0.1, 0.15) is 30.9 Å². The Balaban J connectivity index is 2.04. The summed E-state index contributed by atoms with van der Waals surface area (Å²) in [6, 6.07) is 12.8. The monoisotopic (exact) mass is 285 g/mol. The van der Waals surface area contributed by atoms with E-state index >= 15 is 0 Å². The van der Waals surface area contributed by atoms with E-state index in [9.17, 15) is 10.1 Å². The molecule has 0 aromatic heterocycles. The number of nitrogens with two attached hydrogens (primary N) is 1. The van der Waals surface area contributed by atoms with Crippen molar-refractivity contribution in [2.24, 2.45) is 0 Å². The molecule has 3 N–H and O–H groups in total. The fourth-order valence-electron chi connectivity index (χ4n) is 2.04. The number of rotatable bonds is 5. The summed E-state index contributed by atoms with van der Waals surface area (Å²) in [6.45, 7) is 4.94. The molecule has 0 unspecified atom stereocenters. The second-order valence-corrected chi connectivity index (χ2v) is 5.28. The Kier molecular flexibility index (Phi) is 4.42. The summed E-state index contributed by atoms with van der Waals surface area (Å²) in [5.74, 6) is 0.511. The van der Waals surface area contributed by atoms with E-state index in [0.717, 1.165) is 5.56 Å². The largest absolute Gasteiger partial charge is 0.397 e. The lowest BCUT2D eigenvalue weighted by Crippen LogP contribution is -2.03. The molecule has 0 saturated carbocycles.